The van der Waals surface area contributed by atoms with Crippen molar-refractivity contribution in [3.8, 4) is 0 Å². The second kappa shape index (κ2) is 10.1. The van der Waals surface area contributed by atoms with Crippen LogP contribution in [0.5, 0.6) is 0 Å². The molecule has 3 fully saturated rings. The van der Waals surface area contributed by atoms with E-state index in [1.807, 2.05) is 34.8 Å². The van der Waals surface area contributed by atoms with E-state index in [0.29, 0.717) is 31.6 Å². The fourth-order valence-electron chi connectivity index (χ4n) is 5.29. The number of fused-ring (bicyclic) bond motifs is 1. The number of carboxylic acid groups (broad SMARTS) is 1. The number of carbonyl (C=O) groups is 3. The maximum atomic E-state index is 13.0. The van der Waals surface area contributed by atoms with Crippen LogP contribution in [0.25, 0.3) is 11.0 Å². The average Bonchev–Trinajstić information content (AvgIpc) is 3.35. The first-order valence-electron chi connectivity index (χ1n) is 11.8. The standard InChI is InChI=1S/C23H30N4O4.CH2O2/c1-25-9-4-16-2-3-19(24-20(16)25)21(29)27-12-7-23(8-13-27)14-18(31-22(23)30)15-26-10-5-17(28)6-11-26;2-1-3/h2-4,9,17-18,28H,5-8,10-15H2,1H3;1H,(H,2,3). The molecule has 0 radical (unpaired) electrons. The molecule has 3 aliphatic rings. The van der Waals surface area contributed by atoms with Crippen LogP contribution in [0.2, 0.25) is 0 Å². The summed E-state index contributed by atoms with van der Waals surface area (Å²) in [5, 5.41) is 17.6. The molecule has 34 heavy (non-hydrogen) atoms. The van der Waals surface area contributed by atoms with Gasteiger partial charge in [-0.1, -0.05) is 0 Å². The predicted octanol–water partition coefficient (Wildman–Crippen LogP) is 1.27. The van der Waals surface area contributed by atoms with Gasteiger partial charge in [-0.25, -0.2) is 4.98 Å². The van der Waals surface area contributed by atoms with Crippen molar-refractivity contribution in [3.05, 3.63) is 30.1 Å². The number of rotatable bonds is 3. The second-order valence-electron chi connectivity index (χ2n) is 9.48. The van der Waals surface area contributed by atoms with E-state index in [4.69, 9.17) is 14.6 Å². The Kier molecular flexibility index (Phi) is 7.18. The molecule has 0 aromatic carbocycles. The number of nitrogens with zero attached hydrogens (tertiary/aromatic N) is 4. The molecule has 1 unspecified atom stereocenters. The Balaban J connectivity index is 0.000000868. The minimum atomic E-state index is -0.466. The summed E-state index contributed by atoms with van der Waals surface area (Å²) in [5.74, 6) is -0.183. The van der Waals surface area contributed by atoms with Gasteiger partial charge in [0.25, 0.3) is 12.4 Å². The van der Waals surface area contributed by atoms with Crippen LogP contribution in [0.1, 0.15) is 42.6 Å². The summed E-state index contributed by atoms with van der Waals surface area (Å²) in [6.07, 6.45) is 5.21. The first-order valence-corrected chi connectivity index (χ1v) is 11.8. The highest BCUT2D eigenvalue weighted by Gasteiger charge is 2.51. The Morgan fingerprint density at radius 3 is 2.56 bits per heavy atom. The van der Waals surface area contributed by atoms with E-state index in [1.54, 1.807) is 6.07 Å². The van der Waals surface area contributed by atoms with Gasteiger partial charge in [0.15, 0.2) is 0 Å². The van der Waals surface area contributed by atoms with E-state index in [1.165, 1.54) is 0 Å². The van der Waals surface area contributed by atoms with Gasteiger partial charge in [-0.15, -0.1) is 0 Å². The van der Waals surface area contributed by atoms with Crippen molar-refractivity contribution in [1.82, 2.24) is 19.4 Å². The van der Waals surface area contributed by atoms with Crippen LogP contribution in [0.15, 0.2) is 24.4 Å². The van der Waals surface area contributed by atoms with Crippen LogP contribution >= 0.6 is 0 Å². The molecule has 3 aliphatic heterocycles. The quantitative estimate of drug-likeness (QED) is 0.505. The minimum Gasteiger partial charge on any atom is -0.483 e. The van der Waals surface area contributed by atoms with Gasteiger partial charge in [-0.3, -0.25) is 19.3 Å². The zero-order valence-corrected chi connectivity index (χ0v) is 19.4. The largest absolute Gasteiger partial charge is 0.483 e. The fourth-order valence-corrected chi connectivity index (χ4v) is 5.29. The van der Waals surface area contributed by atoms with Gasteiger partial charge in [-0.05, 0) is 43.9 Å². The highest BCUT2D eigenvalue weighted by Crippen LogP contribution is 2.43. The smallest absolute Gasteiger partial charge is 0.312 e. The lowest BCUT2D eigenvalue weighted by Gasteiger charge is -2.36. The Morgan fingerprint density at radius 2 is 1.88 bits per heavy atom. The number of aliphatic hydroxyl groups is 1. The van der Waals surface area contributed by atoms with Crippen LogP contribution in [-0.4, -0.2) is 92.8 Å². The number of aliphatic hydroxyl groups excluding tert-OH is 1. The third-order valence-electron chi connectivity index (χ3n) is 7.29. The summed E-state index contributed by atoms with van der Waals surface area (Å²) < 4.78 is 7.67. The van der Waals surface area contributed by atoms with Crippen molar-refractivity contribution in [2.24, 2.45) is 12.5 Å². The number of esters is 1. The van der Waals surface area contributed by atoms with Gasteiger partial charge < -0.3 is 24.4 Å². The molecule has 184 valence electrons. The zero-order chi connectivity index (χ0) is 24.3. The molecular weight excluding hydrogens is 440 g/mol. The third kappa shape index (κ3) is 4.92. The van der Waals surface area contributed by atoms with E-state index in [-0.39, 0.29) is 30.6 Å². The maximum absolute atomic E-state index is 13.0. The molecule has 1 spiro atoms. The van der Waals surface area contributed by atoms with E-state index in [2.05, 4.69) is 9.88 Å². The van der Waals surface area contributed by atoms with Crippen molar-refractivity contribution < 1.29 is 29.3 Å². The summed E-state index contributed by atoms with van der Waals surface area (Å²) in [4.78, 5) is 42.8. The number of aryl methyl sites for hydroxylation is 1. The van der Waals surface area contributed by atoms with Crippen molar-refractivity contribution in [2.75, 3.05) is 32.7 Å². The minimum absolute atomic E-state index is 0.0762. The number of ether oxygens (including phenoxy) is 1. The van der Waals surface area contributed by atoms with Crippen LogP contribution < -0.4 is 0 Å². The van der Waals surface area contributed by atoms with Gasteiger partial charge in [-0.2, -0.15) is 0 Å². The van der Waals surface area contributed by atoms with E-state index < -0.39 is 5.41 Å². The molecule has 10 nitrogen and oxygen atoms in total. The van der Waals surface area contributed by atoms with Crippen molar-refractivity contribution in [1.29, 1.82) is 0 Å². The molecule has 3 saturated heterocycles. The molecule has 5 heterocycles. The SMILES string of the molecule is Cn1ccc2ccc(C(=O)N3CCC4(CC3)CC(CN3CCC(O)CC3)OC4=O)nc21.O=CO. The molecule has 2 aromatic rings. The molecule has 5 rings (SSSR count). The van der Waals surface area contributed by atoms with Gasteiger partial charge in [0, 0.05) is 57.8 Å². The summed E-state index contributed by atoms with van der Waals surface area (Å²) >= 11 is 0. The molecule has 2 N–H and O–H groups in total. The third-order valence-corrected chi connectivity index (χ3v) is 7.29. The zero-order valence-electron chi connectivity index (χ0n) is 19.4. The van der Waals surface area contributed by atoms with Gasteiger partial charge in [0.05, 0.1) is 11.5 Å². The summed E-state index contributed by atoms with van der Waals surface area (Å²) in [6, 6.07) is 5.69. The molecule has 2 aromatic heterocycles. The number of hydrogen-bond acceptors (Lipinski definition) is 7. The van der Waals surface area contributed by atoms with Crippen molar-refractivity contribution >= 4 is 29.4 Å². The normalized spacial score (nSPS) is 22.9. The number of aromatic nitrogens is 2. The number of pyridine rings is 1. The van der Waals surface area contributed by atoms with Gasteiger partial charge >= 0.3 is 5.97 Å². The average molecular weight is 473 g/mol. The molecule has 0 aliphatic carbocycles. The van der Waals surface area contributed by atoms with E-state index in [0.717, 1.165) is 49.9 Å². The van der Waals surface area contributed by atoms with Crippen LogP contribution in [-0.2, 0) is 21.4 Å². The molecule has 1 atom stereocenters. The molecule has 10 heteroatoms. The topological polar surface area (TPSA) is 125 Å². The Morgan fingerprint density at radius 1 is 1.21 bits per heavy atom. The molecule has 0 saturated carbocycles. The number of piperidine rings is 2. The first kappa shape index (κ1) is 24.2. The lowest BCUT2D eigenvalue weighted by Crippen LogP contribution is -2.45. The highest BCUT2D eigenvalue weighted by molar-refractivity contribution is 5.94. The van der Waals surface area contributed by atoms with E-state index in [9.17, 15) is 14.7 Å². The first-order chi connectivity index (χ1) is 16.3. The van der Waals surface area contributed by atoms with Gasteiger partial charge in [0.2, 0.25) is 0 Å². The summed E-state index contributed by atoms with van der Waals surface area (Å²) in [7, 11) is 1.92. The fraction of sp³-hybridized carbons (Fsp3) is 0.583. The number of amides is 1. The monoisotopic (exact) mass is 472 g/mol. The van der Waals surface area contributed by atoms with Crippen molar-refractivity contribution in [3.63, 3.8) is 0 Å². The number of carbonyl (C=O) groups excluding carboxylic acids is 2. The van der Waals surface area contributed by atoms with Crippen LogP contribution in [0.3, 0.4) is 0 Å². The Hall–Kier alpha value is -2.98. The summed E-state index contributed by atoms with van der Waals surface area (Å²) in [5.41, 5.74) is 0.780. The lowest BCUT2D eigenvalue weighted by molar-refractivity contribution is -0.151. The highest BCUT2D eigenvalue weighted by atomic mass is 16.6. The Labute approximate surface area is 198 Å². The number of likely N-dealkylation sites (tertiary alicyclic amines) is 2. The maximum Gasteiger partial charge on any atom is 0.312 e. The lowest BCUT2D eigenvalue weighted by atomic mass is 9.76. The Bertz CT molecular complexity index is 1040. The molecular formula is C24H32N4O6. The van der Waals surface area contributed by atoms with E-state index >= 15 is 0 Å². The number of cyclic esters (lactones) is 1. The number of hydrogen-bond donors (Lipinski definition) is 2. The second-order valence-corrected chi connectivity index (χ2v) is 9.48. The van der Waals surface area contributed by atoms with Crippen molar-refractivity contribution in [2.45, 2.75) is 44.3 Å². The predicted molar refractivity (Wildman–Crippen MR) is 123 cm³/mol. The summed E-state index contributed by atoms with van der Waals surface area (Å²) in [6.45, 7) is 3.28. The van der Waals surface area contributed by atoms with Gasteiger partial charge in [0.1, 0.15) is 17.4 Å². The van der Waals surface area contributed by atoms with Crippen LogP contribution in [0, 0.1) is 5.41 Å². The van der Waals surface area contributed by atoms with Crippen LogP contribution in [0.4, 0.5) is 0 Å². The molecule has 1 amide bonds. The molecule has 0 bridgehead atoms.